The molecule has 102 valence electrons. The van der Waals surface area contributed by atoms with Crippen molar-refractivity contribution < 1.29 is 35.8 Å². The molecular weight excluding hydrogens is 268 g/mol. The number of rotatable bonds is 2. The molecule has 0 amide bonds. The van der Waals surface area contributed by atoms with Crippen molar-refractivity contribution in [1.29, 1.82) is 0 Å². The van der Waals surface area contributed by atoms with Crippen LogP contribution in [-0.2, 0) is 6.18 Å². The molecule has 1 heterocycles. The third kappa shape index (κ3) is 3.41. The van der Waals surface area contributed by atoms with Crippen molar-refractivity contribution >= 4 is 0 Å². The highest BCUT2D eigenvalue weighted by Gasteiger charge is 2.37. The van der Waals surface area contributed by atoms with Crippen LogP contribution in [0.2, 0.25) is 0 Å². The van der Waals surface area contributed by atoms with E-state index in [2.05, 4.69) is 14.5 Å². The second-order valence-corrected chi connectivity index (χ2v) is 3.21. The summed E-state index contributed by atoms with van der Waals surface area (Å²) >= 11 is 0. The molecule has 0 aliphatic carbocycles. The zero-order valence-electron chi connectivity index (χ0n) is 9.11. The average Bonchev–Trinajstić information content (AvgIpc) is 2.17. The highest BCUT2D eigenvalue weighted by molar-refractivity contribution is 5.43. The molecule has 0 saturated carbocycles. The van der Waals surface area contributed by atoms with Gasteiger partial charge in [-0.05, 0) is 18.6 Å². The molecule has 0 aliphatic heterocycles. The van der Waals surface area contributed by atoms with Crippen molar-refractivity contribution in [2.75, 3.05) is 7.11 Å². The number of ether oxygens (including phenoxy) is 2. The number of pyridine rings is 1. The first-order valence-electron chi connectivity index (χ1n) is 4.43. The van der Waals surface area contributed by atoms with E-state index in [9.17, 15) is 26.3 Å². The van der Waals surface area contributed by atoms with Crippen molar-refractivity contribution in [1.82, 2.24) is 4.98 Å². The maximum absolute atomic E-state index is 12.4. The largest absolute Gasteiger partial charge is 0.573 e. The Morgan fingerprint density at radius 3 is 2.06 bits per heavy atom. The van der Waals surface area contributed by atoms with Crippen LogP contribution in [0.1, 0.15) is 11.3 Å². The number of alkyl halides is 6. The number of aryl methyl sites for hydroxylation is 1. The molecule has 0 fully saturated rings. The van der Waals surface area contributed by atoms with Crippen molar-refractivity contribution in [2.24, 2.45) is 0 Å². The number of hydrogen-bond acceptors (Lipinski definition) is 3. The van der Waals surface area contributed by atoms with E-state index in [0.29, 0.717) is 6.07 Å². The molecule has 0 unspecified atom stereocenters. The number of aromatic nitrogens is 1. The molecule has 0 spiro atoms. The molecule has 0 aliphatic rings. The normalized spacial score (nSPS) is 12.4. The van der Waals surface area contributed by atoms with Gasteiger partial charge in [-0.3, -0.25) is 0 Å². The fourth-order valence-electron chi connectivity index (χ4n) is 1.16. The van der Waals surface area contributed by atoms with Gasteiger partial charge in [0.05, 0.1) is 7.11 Å². The molecular formula is C9H7F6NO2. The fourth-order valence-corrected chi connectivity index (χ4v) is 1.16. The van der Waals surface area contributed by atoms with Crippen LogP contribution < -0.4 is 9.47 Å². The Bertz CT molecular complexity index is 440. The van der Waals surface area contributed by atoms with E-state index in [1.165, 1.54) is 0 Å². The van der Waals surface area contributed by atoms with Crippen molar-refractivity contribution in [2.45, 2.75) is 19.5 Å². The summed E-state index contributed by atoms with van der Waals surface area (Å²) in [7, 11) is 0.894. The van der Waals surface area contributed by atoms with Crippen LogP contribution >= 0.6 is 0 Å². The lowest BCUT2D eigenvalue weighted by molar-refractivity contribution is -0.275. The van der Waals surface area contributed by atoms with Gasteiger partial charge in [0.2, 0.25) is 0 Å². The minimum absolute atomic E-state index is 0.383. The zero-order valence-corrected chi connectivity index (χ0v) is 9.11. The standard InChI is InChI=1S/C9H7F6NO2/c1-4-3-5(8(10,11)12)16-7(17-2)6(4)18-9(13,14)15/h3H,1-2H3. The number of nitrogens with zero attached hydrogens (tertiary/aromatic N) is 1. The SMILES string of the molecule is COc1nc(C(F)(F)F)cc(C)c1OC(F)(F)F. The van der Waals surface area contributed by atoms with Crippen LogP contribution in [0.5, 0.6) is 11.6 Å². The smallest absolute Gasteiger partial charge is 0.478 e. The summed E-state index contributed by atoms with van der Waals surface area (Å²) in [5.41, 5.74) is -1.74. The lowest BCUT2D eigenvalue weighted by Gasteiger charge is -2.16. The number of halogens is 6. The van der Waals surface area contributed by atoms with Crippen molar-refractivity contribution in [3.05, 3.63) is 17.3 Å². The predicted octanol–water partition coefficient (Wildman–Crippen LogP) is 3.32. The molecule has 9 heteroatoms. The Labute approximate surface area is 97.3 Å². The molecule has 1 aromatic heterocycles. The minimum Gasteiger partial charge on any atom is -0.478 e. The Hall–Kier alpha value is -1.67. The second-order valence-electron chi connectivity index (χ2n) is 3.21. The monoisotopic (exact) mass is 275 g/mol. The van der Waals surface area contributed by atoms with E-state index in [1.54, 1.807) is 0 Å². The minimum atomic E-state index is -5.04. The summed E-state index contributed by atoms with van der Waals surface area (Å²) in [5.74, 6) is -1.77. The molecule has 3 nitrogen and oxygen atoms in total. The van der Waals surface area contributed by atoms with Gasteiger partial charge < -0.3 is 9.47 Å². The van der Waals surface area contributed by atoms with Crippen molar-refractivity contribution in [3.8, 4) is 11.6 Å². The molecule has 0 N–H and O–H groups in total. The summed E-state index contributed by atoms with van der Waals surface area (Å²) in [6, 6.07) is 0.448. The van der Waals surface area contributed by atoms with Gasteiger partial charge in [0.1, 0.15) is 5.69 Å². The van der Waals surface area contributed by atoms with Gasteiger partial charge in [-0.15, -0.1) is 13.2 Å². The number of methoxy groups -OCH3 is 1. The quantitative estimate of drug-likeness (QED) is 0.776. The summed E-state index contributed by atoms with van der Waals surface area (Å²) in [6.07, 6.45) is -9.83. The predicted molar refractivity (Wildman–Crippen MR) is 47.2 cm³/mol. The van der Waals surface area contributed by atoms with Gasteiger partial charge in [0, 0.05) is 0 Å². The first kappa shape index (κ1) is 14.4. The lowest BCUT2D eigenvalue weighted by atomic mass is 10.2. The van der Waals surface area contributed by atoms with Gasteiger partial charge in [0.15, 0.2) is 5.75 Å². The Balaban J connectivity index is 3.29. The highest BCUT2D eigenvalue weighted by Crippen LogP contribution is 2.38. The first-order valence-corrected chi connectivity index (χ1v) is 4.43. The van der Waals surface area contributed by atoms with Crippen molar-refractivity contribution in [3.63, 3.8) is 0 Å². The van der Waals surface area contributed by atoms with Gasteiger partial charge >= 0.3 is 12.5 Å². The number of hydrogen-bond donors (Lipinski definition) is 0. The van der Waals surface area contributed by atoms with Gasteiger partial charge in [-0.2, -0.15) is 13.2 Å². The molecule has 0 radical (unpaired) electrons. The molecule has 1 aromatic rings. The van der Waals surface area contributed by atoms with Crippen LogP contribution in [-0.4, -0.2) is 18.5 Å². The summed E-state index contributed by atoms with van der Waals surface area (Å²) in [5, 5.41) is 0. The topological polar surface area (TPSA) is 31.4 Å². The Morgan fingerprint density at radius 2 is 1.67 bits per heavy atom. The van der Waals surface area contributed by atoms with E-state index in [0.717, 1.165) is 14.0 Å². The zero-order chi connectivity index (χ0) is 14.1. The third-order valence-electron chi connectivity index (χ3n) is 1.83. The first-order chi connectivity index (χ1) is 8.04. The van der Waals surface area contributed by atoms with E-state index in [-0.39, 0.29) is 5.56 Å². The van der Waals surface area contributed by atoms with Crippen LogP contribution in [0.15, 0.2) is 6.07 Å². The van der Waals surface area contributed by atoms with E-state index in [1.807, 2.05) is 0 Å². The molecule has 0 atom stereocenters. The maximum Gasteiger partial charge on any atom is 0.573 e. The maximum atomic E-state index is 12.4. The van der Waals surface area contributed by atoms with Gasteiger partial charge in [-0.1, -0.05) is 0 Å². The lowest BCUT2D eigenvalue weighted by Crippen LogP contribution is -2.19. The molecule has 1 rings (SSSR count). The highest BCUT2D eigenvalue weighted by atomic mass is 19.4. The molecule has 0 aromatic carbocycles. The van der Waals surface area contributed by atoms with Crippen LogP contribution in [0.25, 0.3) is 0 Å². The molecule has 0 saturated heterocycles. The molecule has 0 bridgehead atoms. The van der Waals surface area contributed by atoms with Gasteiger partial charge in [0.25, 0.3) is 5.88 Å². The van der Waals surface area contributed by atoms with Crippen LogP contribution in [0.3, 0.4) is 0 Å². The van der Waals surface area contributed by atoms with E-state index in [4.69, 9.17) is 0 Å². The Morgan fingerprint density at radius 1 is 1.11 bits per heavy atom. The van der Waals surface area contributed by atoms with E-state index >= 15 is 0 Å². The molecule has 18 heavy (non-hydrogen) atoms. The van der Waals surface area contributed by atoms with Crippen LogP contribution in [0, 0.1) is 6.92 Å². The summed E-state index contributed by atoms with van der Waals surface area (Å²) in [4.78, 5) is 2.94. The van der Waals surface area contributed by atoms with Crippen LogP contribution in [0.4, 0.5) is 26.3 Å². The van der Waals surface area contributed by atoms with Gasteiger partial charge in [-0.25, -0.2) is 4.98 Å². The fraction of sp³-hybridized carbons (Fsp3) is 0.444. The summed E-state index contributed by atoms with van der Waals surface area (Å²) in [6.45, 7) is 1.03. The summed E-state index contributed by atoms with van der Waals surface area (Å²) < 4.78 is 81.2. The second kappa shape index (κ2) is 4.54. The third-order valence-corrected chi connectivity index (χ3v) is 1.83. The average molecular weight is 275 g/mol. The van der Waals surface area contributed by atoms with E-state index < -0.39 is 29.9 Å². The Kier molecular flexibility index (Phi) is 3.63.